The Morgan fingerprint density at radius 3 is 2.20 bits per heavy atom. The summed E-state index contributed by atoms with van der Waals surface area (Å²) in [5.74, 6) is 0.839. The van der Waals surface area contributed by atoms with Crippen LogP contribution in [-0.2, 0) is 0 Å². The van der Waals surface area contributed by atoms with E-state index >= 15 is 0 Å². The molecular weight excluding hydrogens is 268 g/mol. The first-order valence-electron chi connectivity index (χ1n) is 6.38. The first-order chi connectivity index (χ1) is 9.60. The van der Waals surface area contributed by atoms with Gasteiger partial charge in [0.25, 0.3) is 0 Å². The number of thiocarbonyl (C=S) groups is 1. The Labute approximate surface area is 125 Å². The van der Waals surface area contributed by atoms with Crippen LogP contribution in [0.4, 0.5) is 11.4 Å². The molecule has 0 aliphatic carbocycles. The van der Waals surface area contributed by atoms with E-state index in [9.17, 15) is 0 Å². The van der Waals surface area contributed by atoms with Crippen molar-refractivity contribution in [1.82, 2.24) is 0 Å². The normalized spacial score (nSPS) is 9.95. The van der Waals surface area contributed by atoms with E-state index in [2.05, 4.69) is 10.6 Å². The number of anilines is 2. The van der Waals surface area contributed by atoms with Crippen molar-refractivity contribution in [2.24, 2.45) is 0 Å². The van der Waals surface area contributed by atoms with Gasteiger partial charge in [-0.3, -0.25) is 0 Å². The predicted molar refractivity (Wildman–Crippen MR) is 88.8 cm³/mol. The lowest BCUT2D eigenvalue weighted by Crippen LogP contribution is -2.20. The summed E-state index contributed by atoms with van der Waals surface area (Å²) >= 11 is 5.35. The summed E-state index contributed by atoms with van der Waals surface area (Å²) in [5, 5.41) is 6.98. The molecule has 0 amide bonds. The lowest BCUT2D eigenvalue weighted by atomic mass is 10.2. The maximum atomic E-state index is 5.35. The van der Waals surface area contributed by atoms with E-state index in [0.29, 0.717) is 5.11 Å². The Balaban J connectivity index is 2.07. The summed E-state index contributed by atoms with van der Waals surface area (Å²) in [6.45, 7) is 4.06. The summed E-state index contributed by atoms with van der Waals surface area (Å²) in [6.07, 6.45) is 0. The van der Waals surface area contributed by atoms with Gasteiger partial charge in [-0.15, -0.1) is 0 Å². The summed E-state index contributed by atoms with van der Waals surface area (Å²) in [4.78, 5) is 0. The van der Waals surface area contributed by atoms with Crippen molar-refractivity contribution in [2.45, 2.75) is 13.8 Å². The van der Waals surface area contributed by atoms with Crippen LogP contribution in [0.5, 0.6) is 5.75 Å². The van der Waals surface area contributed by atoms with Crippen molar-refractivity contribution in [3.05, 3.63) is 53.6 Å². The molecule has 3 nitrogen and oxygen atoms in total. The van der Waals surface area contributed by atoms with Gasteiger partial charge in [0, 0.05) is 11.4 Å². The van der Waals surface area contributed by atoms with Crippen LogP contribution in [0.2, 0.25) is 0 Å². The Kier molecular flexibility index (Phi) is 4.58. The number of nitrogens with one attached hydrogen (secondary N) is 2. The van der Waals surface area contributed by atoms with E-state index in [1.807, 2.05) is 56.3 Å². The van der Waals surface area contributed by atoms with Crippen LogP contribution in [0.3, 0.4) is 0 Å². The molecule has 4 heteroatoms. The van der Waals surface area contributed by atoms with E-state index in [1.165, 1.54) is 0 Å². The number of ether oxygens (including phenoxy) is 1. The molecule has 0 bridgehead atoms. The number of hydrogen-bond donors (Lipinski definition) is 2. The summed E-state index contributed by atoms with van der Waals surface area (Å²) in [7, 11) is 1.66. The van der Waals surface area contributed by atoms with Gasteiger partial charge in [-0.05, 0) is 61.5 Å². The second-order valence-corrected chi connectivity index (χ2v) is 4.98. The standard InChI is InChI=1S/C16H18N2OS/c1-11-6-4-5-7-14(11)17-16(20)18-15-9-8-13(19-3)10-12(15)2/h4-10H,1-3H3,(H2,17,18,20). The van der Waals surface area contributed by atoms with Gasteiger partial charge in [0.05, 0.1) is 7.11 Å². The zero-order valence-corrected chi connectivity index (χ0v) is 12.7. The monoisotopic (exact) mass is 286 g/mol. The fraction of sp³-hybridized carbons (Fsp3) is 0.188. The van der Waals surface area contributed by atoms with Crippen molar-refractivity contribution >= 4 is 28.7 Å². The van der Waals surface area contributed by atoms with Gasteiger partial charge in [0.15, 0.2) is 5.11 Å². The molecule has 0 fully saturated rings. The van der Waals surface area contributed by atoms with Crippen LogP contribution in [0, 0.1) is 13.8 Å². The van der Waals surface area contributed by atoms with Crippen LogP contribution in [0.15, 0.2) is 42.5 Å². The van der Waals surface area contributed by atoms with Crippen molar-refractivity contribution in [1.29, 1.82) is 0 Å². The highest BCUT2D eigenvalue weighted by molar-refractivity contribution is 7.80. The second kappa shape index (κ2) is 6.39. The number of hydrogen-bond acceptors (Lipinski definition) is 2. The molecular formula is C16H18N2OS. The highest BCUT2D eigenvalue weighted by atomic mass is 32.1. The maximum absolute atomic E-state index is 5.35. The molecule has 0 heterocycles. The van der Waals surface area contributed by atoms with E-state index in [-0.39, 0.29) is 0 Å². The van der Waals surface area contributed by atoms with Gasteiger partial charge in [0.1, 0.15) is 5.75 Å². The topological polar surface area (TPSA) is 33.3 Å². The lowest BCUT2D eigenvalue weighted by Gasteiger charge is -2.14. The maximum Gasteiger partial charge on any atom is 0.175 e. The van der Waals surface area contributed by atoms with E-state index < -0.39 is 0 Å². The van der Waals surface area contributed by atoms with Crippen LogP contribution in [0.25, 0.3) is 0 Å². The zero-order valence-electron chi connectivity index (χ0n) is 11.9. The minimum absolute atomic E-state index is 0.576. The van der Waals surface area contributed by atoms with Gasteiger partial charge in [0.2, 0.25) is 0 Å². The molecule has 0 aliphatic rings. The molecule has 0 aliphatic heterocycles. The van der Waals surface area contributed by atoms with E-state index in [0.717, 1.165) is 28.3 Å². The van der Waals surface area contributed by atoms with Gasteiger partial charge in [-0.1, -0.05) is 18.2 Å². The number of aryl methyl sites for hydroxylation is 2. The van der Waals surface area contributed by atoms with E-state index in [4.69, 9.17) is 17.0 Å². The Hall–Kier alpha value is -2.07. The van der Waals surface area contributed by atoms with Crippen molar-refractivity contribution in [2.75, 3.05) is 17.7 Å². The van der Waals surface area contributed by atoms with Gasteiger partial charge >= 0.3 is 0 Å². The predicted octanol–water partition coefficient (Wildman–Crippen LogP) is 4.12. The third-order valence-electron chi connectivity index (χ3n) is 3.08. The zero-order chi connectivity index (χ0) is 14.5. The molecule has 0 saturated heterocycles. The van der Waals surface area contributed by atoms with Crippen LogP contribution in [-0.4, -0.2) is 12.2 Å². The Morgan fingerprint density at radius 1 is 0.950 bits per heavy atom. The average molecular weight is 286 g/mol. The molecule has 2 aromatic carbocycles. The molecule has 104 valence electrons. The van der Waals surface area contributed by atoms with Gasteiger partial charge in [-0.25, -0.2) is 0 Å². The first-order valence-corrected chi connectivity index (χ1v) is 6.79. The minimum Gasteiger partial charge on any atom is -0.497 e. The third kappa shape index (κ3) is 3.48. The largest absolute Gasteiger partial charge is 0.497 e. The Bertz CT molecular complexity index is 626. The molecule has 2 aromatic rings. The lowest BCUT2D eigenvalue weighted by molar-refractivity contribution is 0.414. The molecule has 2 rings (SSSR count). The molecule has 0 radical (unpaired) electrons. The average Bonchev–Trinajstić information content (AvgIpc) is 2.43. The Morgan fingerprint density at radius 2 is 1.60 bits per heavy atom. The number of methoxy groups -OCH3 is 1. The second-order valence-electron chi connectivity index (χ2n) is 4.57. The van der Waals surface area contributed by atoms with Crippen molar-refractivity contribution < 1.29 is 4.74 Å². The molecule has 20 heavy (non-hydrogen) atoms. The fourth-order valence-electron chi connectivity index (χ4n) is 1.89. The van der Waals surface area contributed by atoms with Gasteiger partial charge < -0.3 is 15.4 Å². The smallest absolute Gasteiger partial charge is 0.175 e. The van der Waals surface area contributed by atoms with Crippen LogP contribution >= 0.6 is 12.2 Å². The van der Waals surface area contributed by atoms with E-state index in [1.54, 1.807) is 7.11 Å². The molecule has 2 N–H and O–H groups in total. The molecule has 0 spiro atoms. The minimum atomic E-state index is 0.576. The van der Waals surface area contributed by atoms with Crippen LogP contribution < -0.4 is 15.4 Å². The SMILES string of the molecule is COc1ccc(NC(=S)Nc2ccccc2C)c(C)c1. The highest BCUT2D eigenvalue weighted by Crippen LogP contribution is 2.21. The summed E-state index contributed by atoms with van der Waals surface area (Å²) in [5.41, 5.74) is 4.22. The summed E-state index contributed by atoms with van der Waals surface area (Å²) in [6, 6.07) is 13.9. The number of rotatable bonds is 3. The molecule has 0 unspecified atom stereocenters. The number of para-hydroxylation sites is 1. The third-order valence-corrected chi connectivity index (χ3v) is 3.28. The summed E-state index contributed by atoms with van der Waals surface area (Å²) < 4.78 is 5.19. The number of benzene rings is 2. The van der Waals surface area contributed by atoms with Crippen molar-refractivity contribution in [3.63, 3.8) is 0 Å². The van der Waals surface area contributed by atoms with Gasteiger partial charge in [-0.2, -0.15) is 0 Å². The molecule has 0 saturated carbocycles. The van der Waals surface area contributed by atoms with Crippen molar-refractivity contribution in [3.8, 4) is 5.75 Å². The molecule has 0 atom stereocenters. The van der Waals surface area contributed by atoms with Crippen LogP contribution in [0.1, 0.15) is 11.1 Å². The fourth-order valence-corrected chi connectivity index (χ4v) is 2.11. The highest BCUT2D eigenvalue weighted by Gasteiger charge is 2.04. The quantitative estimate of drug-likeness (QED) is 0.832. The first kappa shape index (κ1) is 14.3. The molecule has 0 aromatic heterocycles.